The van der Waals surface area contributed by atoms with E-state index in [1.165, 1.54) is 7.11 Å². The molecule has 2 saturated carbocycles. The number of carbonyl (C=O) groups excluding carboxylic acids is 2. The highest BCUT2D eigenvalue weighted by molar-refractivity contribution is 6.05. The van der Waals surface area contributed by atoms with Crippen molar-refractivity contribution in [2.75, 3.05) is 7.11 Å². The van der Waals surface area contributed by atoms with Gasteiger partial charge in [0.2, 0.25) is 0 Å². The van der Waals surface area contributed by atoms with Gasteiger partial charge in [0.05, 0.1) is 7.11 Å². The Balaban J connectivity index is 2.07. The van der Waals surface area contributed by atoms with Crippen molar-refractivity contribution in [3.8, 4) is 0 Å². The fraction of sp³-hybridized carbons (Fsp3) is 0.867. The molecule has 0 bridgehead atoms. The van der Waals surface area contributed by atoms with Gasteiger partial charge in [0, 0.05) is 5.92 Å². The Morgan fingerprint density at radius 2 is 1.83 bits per heavy atom. The topological polar surface area (TPSA) is 43.4 Å². The number of hydrogen-bond acceptors (Lipinski definition) is 3. The van der Waals surface area contributed by atoms with Gasteiger partial charge in [-0.05, 0) is 31.6 Å². The van der Waals surface area contributed by atoms with Gasteiger partial charge >= 0.3 is 5.97 Å². The Bertz CT molecular complexity index is 323. The van der Waals surface area contributed by atoms with Crippen LogP contribution in [-0.2, 0) is 14.3 Å². The number of methoxy groups -OCH3 is 1. The van der Waals surface area contributed by atoms with Crippen LogP contribution in [0.1, 0.15) is 58.3 Å². The SMILES string of the molecule is CCCC1CC(C(=O)OC)(C(=O)C2CCCC2)C1. The highest BCUT2D eigenvalue weighted by Gasteiger charge is 2.57. The molecule has 0 amide bonds. The van der Waals surface area contributed by atoms with E-state index >= 15 is 0 Å². The monoisotopic (exact) mass is 252 g/mol. The summed E-state index contributed by atoms with van der Waals surface area (Å²) in [4.78, 5) is 24.6. The maximum atomic E-state index is 12.6. The lowest BCUT2D eigenvalue weighted by Gasteiger charge is -2.45. The summed E-state index contributed by atoms with van der Waals surface area (Å²) in [5, 5.41) is 0. The Morgan fingerprint density at radius 1 is 1.22 bits per heavy atom. The number of esters is 1. The lowest BCUT2D eigenvalue weighted by Crippen LogP contribution is -2.52. The number of Topliss-reactive ketones (excluding diaryl/α,β-unsaturated/α-hetero) is 1. The molecule has 0 aliphatic heterocycles. The third-order valence-corrected chi connectivity index (χ3v) is 4.74. The summed E-state index contributed by atoms with van der Waals surface area (Å²) >= 11 is 0. The second kappa shape index (κ2) is 5.41. The lowest BCUT2D eigenvalue weighted by atomic mass is 9.56. The lowest BCUT2D eigenvalue weighted by molar-refractivity contribution is -0.170. The Labute approximate surface area is 109 Å². The summed E-state index contributed by atoms with van der Waals surface area (Å²) in [6.07, 6.45) is 7.89. The van der Waals surface area contributed by atoms with Crippen molar-refractivity contribution in [3.63, 3.8) is 0 Å². The molecule has 0 aromatic rings. The number of ketones is 1. The molecular weight excluding hydrogens is 228 g/mol. The molecule has 3 heteroatoms. The summed E-state index contributed by atoms with van der Waals surface area (Å²) < 4.78 is 4.90. The maximum absolute atomic E-state index is 12.6. The van der Waals surface area contributed by atoms with Crippen LogP contribution in [0.2, 0.25) is 0 Å². The molecule has 0 atom stereocenters. The molecule has 2 aliphatic carbocycles. The van der Waals surface area contributed by atoms with E-state index in [-0.39, 0.29) is 17.7 Å². The van der Waals surface area contributed by atoms with Gasteiger partial charge in [-0.2, -0.15) is 0 Å². The van der Waals surface area contributed by atoms with Crippen LogP contribution >= 0.6 is 0 Å². The molecule has 3 nitrogen and oxygen atoms in total. The van der Waals surface area contributed by atoms with E-state index in [1.807, 2.05) is 0 Å². The zero-order valence-corrected chi connectivity index (χ0v) is 11.5. The minimum atomic E-state index is -0.774. The van der Waals surface area contributed by atoms with Crippen molar-refractivity contribution in [3.05, 3.63) is 0 Å². The molecule has 2 aliphatic rings. The first kappa shape index (κ1) is 13.6. The summed E-state index contributed by atoms with van der Waals surface area (Å²) in [6.45, 7) is 2.15. The first-order chi connectivity index (χ1) is 8.64. The predicted molar refractivity (Wildman–Crippen MR) is 69.0 cm³/mol. The maximum Gasteiger partial charge on any atom is 0.319 e. The average molecular weight is 252 g/mol. The molecule has 18 heavy (non-hydrogen) atoms. The molecule has 2 fully saturated rings. The van der Waals surface area contributed by atoms with E-state index in [0.717, 1.165) is 51.4 Å². The van der Waals surface area contributed by atoms with Gasteiger partial charge < -0.3 is 4.74 Å². The third-order valence-electron chi connectivity index (χ3n) is 4.74. The van der Waals surface area contributed by atoms with Crippen LogP contribution in [0, 0.1) is 17.3 Å². The van der Waals surface area contributed by atoms with Gasteiger partial charge in [-0.3, -0.25) is 9.59 Å². The van der Waals surface area contributed by atoms with Gasteiger partial charge in [-0.25, -0.2) is 0 Å². The smallest absolute Gasteiger partial charge is 0.319 e. The predicted octanol–water partition coefficient (Wildman–Crippen LogP) is 3.12. The molecule has 0 aromatic carbocycles. The number of ether oxygens (including phenoxy) is 1. The van der Waals surface area contributed by atoms with Crippen LogP contribution in [0.3, 0.4) is 0 Å². The van der Waals surface area contributed by atoms with Crippen LogP contribution in [0.15, 0.2) is 0 Å². The molecule has 0 heterocycles. The van der Waals surface area contributed by atoms with Crippen molar-refractivity contribution in [1.29, 1.82) is 0 Å². The second-order valence-corrected chi connectivity index (χ2v) is 5.98. The van der Waals surface area contributed by atoms with Crippen LogP contribution in [0.4, 0.5) is 0 Å². The summed E-state index contributed by atoms with van der Waals surface area (Å²) in [5.74, 6) is 0.553. The molecule has 0 N–H and O–H groups in total. The highest BCUT2D eigenvalue weighted by Crippen LogP contribution is 2.51. The van der Waals surface area contributed by atoms with Crippen LogP contribution in [-0.4, -0.2) is 18.9 Å². The summed E-state index contributed by atoms with van der Waals surface area (Å²) in [6, 6.07) is 0. The zero-order chi connectivity index (χ0) is 13.2. The van der Waals surface area contributed by atoms with Gasteiger partial charge in [-0.15, -0.1) is 0 Å². The van der Waals surface area contributed by atoms with Gasteiger partial charge in [-0.1, -0.05) is 32.6 Å². The first-order valence-electron chi connectivity index (χ1n) is 7.26. The second-order valence-electron chi connectivity index (χ2n) is 5.98. The minimum Gasteiger partial charge on any atom is -0.468 e. The normalized spacial score (nSPS) is 32.0. The van der Waals surface area contributed by atoms with Crippen molar-refractivity contribution in [2.24, 2.45) is 17.3 Å². The Kier molecular flexibility index (Phi) is 4.08. The van der Waals surface area contributed by atoms with E-state index in [9.17, 15) is 9.59 Å². The molecule has 2 rings (SSSR count). The zero-order valence-electron chi connectivity index (χ0n) is 11.5. The van der Waals surface area contributed by atoms with E-state index in [0.29, 0.717) is 5.92 Å². The van der Waals surface area contributed by atoms with E-state index in [1.54, 1.807) is 0 Å². The van der Waals surface area contributed by atoms with E-state index in [4.69, 9.17) is 4.74 Å². The number of rotatable bonds is 5. The van der Waals surface area contributed by atoms with E-state index < -0.39 is 5.41 Å². The van der Waals surface area contributed by atoms with Gasteiger partial charge in [0.25, 0.3) is 0 Å². The molecular formula is C15H24O3. The van der Waals surface area contributed by atoms with Crippen molar-refractivity contribution < 1.29 is 14.3 Å². The largest absolute Gasteiger partial charge is 0.468 e. The van der Waals surface area contributed by atoms with Crippen LogP contribution in [0.25, 0.3) is 0 Å². The molecule has 0 radical (unpaired) electrons. The van der Waals surface area contributed by atoms with E-state index in [2.05, 4.69) is 6.92 Å². The average Bonchev–Trinajstić information content (AvgIpc) is 2.85. The van der Waals surface area contributed by atoms with Crippen LogP contribution < -0.4 is 0 Å². The Morgan fingerprint density at radius 3 is 2.33 bits per heavy atom. The minimum absolute atomic E-state index is 0.117. The molecule has 0 unspecified atom stereocenters. The van der Waals surface area contributed by atoms with Crippen molar-refractivity contribution in [1.82, 2.24) is 0 Å². The summed E-state index contributed by atoms with van der Waals surface area (Å²) in [5.41, 5.74) is -0.774. The quantitative estimate of drug-likeness (QED) is 0.558. The van der Waals surface area contributed by atoms with Crippen molar-refractivity contribution in [2.45, 2.75) is 58.3 Å². The fourth-order valence-electron chi connectivity index (χ4n) is 3.78. The van der Waals surface area contributed by atoms with Crippen LogP contribution in [0.5, 0.6) is 0 Å². The number of carbonyl (C=O) groups is 2. The van der Waals surface area contributed by atoms with Gasteiger partial charge in [0.1, 0.15) is 5.41 Å². The highest BCUT2D eigenvalue weighted by atomic mass is 16.5. The van der Waals surface area contributed by atoms with Crippen molar-refractivity contribution >= 4 is 11.8 Å². The molecule has 0 spiro atoms. The molecule has 0 aromatic heterocycles. The standard InChI is InChI=1S/C15H24O3/c1-3-6-11-9-15(10-11,14(17)18-2)13(16)12-7-4-5-8-12/h11-12H,3-10H2,1-2H3. The number of hydrogen-bond donors (Lipinski definition) is 0. The fourth-order valence-corrected chi connectivity index (χ4v) is 3.78. The first-order valence-corrected chi connectivity index (χ1v) is 7.26. The molecule has 102 valence electrons. The molecule has 0 saturated heterocycles. The Hall–Kier alpha value is -0.860. The van der Waals surface area contributed by atoms with Gasteiger partial charge in [0.15, 0.2) is 5.78 Å². The third kappa shape index (κ3) is 2.19. The summed E-state index contributed by atoms with van der Waals surface area (Å²) in [7, 11) is 1.40.